The van der Waals surface area contributed by atoms with Crippen LogP contribution in [-0.2, 0) is 0 Å². The lowest BCUT2D eigenvalue weighted by molar-refractivity contribution is 0.0950. The van der Waals surface area contributed by atoms with E-state index in [4.69, 9.17) is 4.74 Å². The number of nitrogens with zero attached hydrogens (tertiary/aromatic N) is 2. The smallest absolute Gasteiger partial charge is 0.289 e. The first kappa shape index (κ1) is 20.1. The highest BCUT2D eigenvalue weighted by molar-refractivity contribution is 6.00. The van der Waals surface area contributed by atoms with Crippen molar-refractivity contribution in [1.29, 1.82) is 0 Å². The van der Waals surface area contributed by atoms with Crippen molar-refractivity contribution in [3.63, 3.8) is 0 Å². The lowest BCUT2D eigenvalue weighted by Gasteiger charge is -2.03. The number of ether oxygens (including phenoxy) is 1. The van der Waals surface area contributed by atoms with E-state index in [-0.39, 0.29) is 5.91 Å². The van der Waals surface area contributed by atoms with Crippen LogP contribution in [0, 0.1) is 0 Å². The number of H-pyrrole nitrogens is 1. The van der Waals surface area contributed by atoms with Gasteiger partial charge in [0.25, 0.3) is 5.91 Å². The number of aromatic amines is 1. The van der Waals surface area contributed by atoms with Crippen LogP contribution in [-0.4, -0.2) is 28.9 Å². The number of hydrogen-bond donors (Lipinski definition) is 2. The predicted molar refractivity (Wildman–Crippen MR) is 122 cm³/mol. The molecular weight excluding hydrogens is 388 g/mol. The Morgan fingerprint density at radius 2 is 1.55 bits per heavy atom. The zero-order chi connectivity index (χ0) is 21.6. The molecule has 3 aromatic carbocycles. The molecule has 1 aromatic heterocycles. The second-order valence-corrected chi connectivity index (χ2v) is 6.98. The first-order chi connectivity index (χ1) is 15.1. The third-order valence-electron chi connectivity index (χ3n) is 4.94. The molecule has 0 saturated carbocycles. The minimum absolute atomic E-state index is 0.341. The van der Waals surface area contributed by atoms with Gasteiger partial charge in [-0.3, -0.25) is 9.89 Å². The largest absolute Gasteiger partial charge is 0.497 e. The number of nitrogens with one attached hydrogen (secondary N) is 2. The van der Waals surface area contributed by atoms with Crippen LogP contribution in [0.15, 0.2) is 90.0 Å². The average Bonchev–Trinajstić information content (AvgIpc) is 3.33. The van der Waals surface area contributed by atoms with E-state index >= 15 is 0 Å². The average molecular weight is 410 g/mol. The van der Waals surface area contributed by atoms with E-state index in [1.807, 2.05) is 73.7 Å². The highest BCUT2D eigenvalue weighted by Crippen LogP contribution is 2.24. The summed E-state index contributed by atoms with van der Waals surface area (Å²) in [7, 11) is 1.62. The summed E-state index contributed by atoms with van der Waals surface area (Å²) in [5.41, 5.74) is 8.39. The van der Waals surface area contributed by atoms with Gasteiger partial charge in [-0.1, -0.05) is 54.6 Å². The molecule has 0 aliphatic rings. The normalized spacial score (nSPS) is 11.2. The SMILES string of the molecule is COc1ccc(/C(C)=N\NC(=O)c2cc(-c3ccc(-c4ccccc4)cc3)n[nH]2)cc1. The number of benzene rings is 3. The molecule has 0 unspecified atom stereocenters. The molecule has 154 valence electrons. The van der Waals surface area contributed by atoms with Crippen molar-refractivity contribution >= 4 is 11.6 Å². The van der Waals surface area contributed by atoms with Crippen molar-refractivity contribution in [2.24, 2.45) is 5.10 Å². The van der Waals surface area contributed by atoms with E-state index in [1.165, 1.54) is 0 Å². The fourth-order valence-electron chi connectivity index (χ4n) is 3.14. The molecule has 1 heterocycles. The molecule has 0 saturated heterocycles. The number of carbonyl (C=O) groups is 1. The Labute approximate surface area is 180 Å². The molecule has 0 bridgehead atoms. The van der Waals surface area contributed by atoms with Gasteiger partial charge >= 0.3 is 0 Å². The summed E-state index contributed by atoms with van der Waals surface area (Å²) in [4.78, 5) is 12.5. The van der Waals surface area contributed by atoms with E-state index in [1.54, 1.807) is 13.2 Å². The fourth-order valence-corrected chi connectivity index (χ4v) is 3.14. The molecular formula is C25H22N4O2. The molecule has 0 radical (unpaired) electrons. The van der Waals surface area contributed by atoms with Crippen LogP contribution < -0.4 is 10.2 Å². The van der Waals surface area contributed by atoms with E-state index in [9.17, 15) is 4.79 Å². The number of rotatable bonds is 6. The molecule has 6 nitrogen and oxygen atoms in total. The van der Waals surface area contributed by atoms with E-state index in [0.29, 0.717) is 17.1 Å². The van der Waals surface area contributed by atoms with Gasteiger partial charge in [-0.2, -0.15) is 10.2 Å². The van der Waals surface area contributed by atoms with Gasteiger partial charge in [0.15, 0.2) is 0 Å². The molecule has 4 aromatic rings. The number of hydrazone groups is 1. The maximum absolute atomic E-state index is 12.5. The predicted octanol–water partition coefficient (Wildman–Crippen LogP) is 4.91. The first-order valence-corrected chi connectivity index (χ1v) is 9.84. The van der Waals surface area contributed by atoms with Crippen LogP contribution >= 0.6 is 0 Å². The Kier molecular flexibility index (Phi) is 5.89. The van der Waals surface area contributed by atoms with Gasteiger partial charge in [-0.15, -0.1) is 0 Å². The summed E-state index contributed by atoms with van der Waals surface area (Å²) in [5, 5.41) is 11.2. The summed E-state index contributed by atoms with van der Waals surface area (Å²) in [6, 6.07) is 27.4. The zero-order valence-electron chi connectivity index (χ0n) is 17.3. The highest BCUT2D eigenvalue weighted by Gasteiger charge is 2.11. The topological polar surface area (TPSA) is 79.4 Å². The maximum Gasteiger partial charge on any atom is 0.289 e. The van der Waals surface area contributed by atoms with Crippen LogP contribution in [0.25, 0.3) is 22.4 Å². The van der Waals surface area contributed by atoms with Gasteiger partial charge in [0.1, 0.15) is 11.4 Å². The van der Waals surface area contributed by atoms with Crippen molar-refractivity contribution in [2.45, 2.75) is 6.92 Å². The van der Waals surface area contributed by atoms with E-state index in [2.05, 4.69) is 32.9 Å². The molecule has 4 rings (SSSR count). The van der Waals surface area contributed by atoms with E-state index < -0.39 is 0 Å². The van der Waals surface area contributed by atoms with Crippen molar-refractivity contribution in [3.05, 3.63) is 96.2 Å². The molecule has 1 amide bonds. The minimum atomic E-state index is -0.354. The monoisotopic (exact) mass is 410 g/mol. The van der Waals surface area contributed by atoms with Gasteiger partial charge in [0, 0.05) is 5.56 Å². The van der Waals surface area contributed by atoms with Crippen LogP contribution in [0.4, 0.5) is 0 Å². The van der Waals surface area contributed by atoms with Crippen molar-refractivity contribution in [1.82, 2.24) is 15.6 Å². The highest BCUT2D eigenvalue weighted by atomic mass is 16.5. The zero-order valence-corrected chi connectivity index (χ0v) is 17.3. The summed E-state index contributed by atoms with van der Waals surface area (Å²) < 4.78 is 5.15. The van der Waals surface area contributed by atoms with Crippen LogP contribution in [0.5, 0.6) is 5.75 Å². The molecule has 0 aliphatic carbocycles. The van der Waals surface area contributed by atoms with Crippen molar-refractivity contribution in [3.8, 4) is 28.1 Å². The second-order valence-electron chi connectivity index (χ2n) is 6.98. The first-order valence-electron chi connectivity index (χ1n) is 9.84. The molecule has 6 heteroatoms. The lowest BCUT2D eigenvalue weighted by Crippen LogP contribution is -2.19. The lowest BCUT2D eigenvalue weighted by atomic mass is 10.0. The van der Waals surface area contributed by atoms with Crippen molar-refractivity contribution in [2.75, 3.05) is 7.11 Å². The van der Waals surface area contributed by atoms with Gasteiger partial charge in [-0.25, -0.2) is 5.43 Å². The number of hydrogen-bond acceptors (Lipinski definition) is 4. The third-order valence-corrected chi connectivity index (χ3v) is 4.94. The summed E-state index contributed by atoms with van der Waals surface area (Å²) in [6.45, 7) is 1.83. The quantitative estimate of drug-likeness (QED) is 0.350. The molecule has 31 heavy (non-hydrogen) atoms. The summed E-state index contributed by atoms with van der Waals surface area (Å²) in [5.74, 6) is 0.412. The summed E-state index contributed by atoms with van der Waals surface area (Å²) in [6.07, 6.45) is 0. The van der Waals surface area contributed by atoms with Crippen LogP contribution in [0.1, 0.15) is 23.0 Å². The van der Waals surface area contributed by atoms with Crippen LogP contribution in [0.3, 0.4) is 0 Å². The van der Waals surface area contributed by atoms with Gasteiger partial charge in [-0.05, 0) is 53.9 Å². The van der Waals surface area contributed by atoms with E-state index in [0.717, 1.165) is 28.0 Å². The van der Waals surface area contributed by atoms with Gasteiger partial charge in [0.2, 0.25) is 0 Å². The number of aromatic nitrogens is 2. The minimum Gasteiger partial charge on any atom is -0.497 e. The molecule has 0 atom stereocenters. The Bertz CT molecular complexity index is 1190. The standard InChI is InChI=1S/C25H22N4O2/c1-17(18-12-14-22(31-2)15-13-18)26-29-25(30)24-16-23(27-28-24)21-10-8-20(9-11-21)19-6-4-3-5-7-19/h3-16H,1-2H3,(H,27,28)(H,29,30)/b26-17-. The number of methoxy groups -OCH3 is 1. The maximum atomic E-state index is 12.5. The third kappa shape index (κ3) is 4.70. The molecule has 2 N–H and O–H groups in total. The van der Waals surface area contributed by atoms with Gasteiger partial charge in [0.05, 0.1) is 18.5 Å². The molecule has 0 fully saturated rings. The summed E-state index contributed by atoms with van der Waals surface area (Å²) >= 11 is 0. The molecule has 0 spiro atoms. The number of amides is 1. The Morgan fingerprint density at radius 3 is 2.23 bits per heavy atom. The number of carbonyl (C=O) groups excluding carboxylic acids is 1. The second kappa shape index (κ2) is 9.09. The molecule has 0 aliphatic heterocycles. The Hall–Kier alpha value is -4.19. The van der Waals surface area contributed by atoms with Crippen molar-refractivity contribution < 1.29 is 9.53 Å². The Morgan fingerprint density at radius 1 is 0.903 bits per heavy atom. The Balaban J connectivity index is 1.43. The fraction of sp³-hybridized carbons (Fsp3) is 0.0800. The van der Waals surface area contributed by atoms with Gasteiger partial charge < -0.3 is 4.74 Å². The van der Waals surface area contributed by atoms with Crippen LogP contribution in [0.2, 0.25) is 0 Å².